The Morgan fingerprint density at radius 2 is 0.480 bits per heavy atom. The van der Waals surface area contributed by atoms with Gasteiger partial charge in [0, 0.05) is 24.7 Å². The van der Waals surface area contributed by atoms with Crippen molar-refractivity contribution >= 4 is 0 Å². The molecule has 0 aliphatic heterocycles. The number of aromatic hydroxyl groups is 4. The molecule has 6 N–H and O–H groups in total. The van der Waals surface area contributed by atoms with Gasteiger partial charge in [-0.2, -0.15) is 0 Å². The van der Waals surface area contributed by atoms with E-state index < -0.39 is 0 Å². The van der Waals surface area contributed by atoms with Gasteiger partial charge in [-0.3, -0.25) is 0 Å². The van der Waals surface area contributed by atoms with Crippen LogP contribution >= 0.6 is 0 Å². The van der Waals surface area contributed by atoms with E-state index in [0.717, 1.165) is 102 Å². The van der Waals surface area contributed by atoms with E-state index >= 15 is 0 Å². The lowest BCUT2D eigenvalue weighted by Crippen LogP contribution is -2.45. The van der Waals surface area contributed by atoms with Gasteiger partial charge in [0.1, 0.15) is 23.0 Å². The fourth-order valence-electron chi connectivity index (χ4n) is 10.8. The summed E-state index contributed by atoms with van der Waals surface area (Å²) in [5, 5.41) is 54.7. The van der Waals surface area contributed by atoms with Crippen molar-refractivity contribution in [2.24, 2.45) is 0 Å². The molecular weight excluding hydrogens is 921 g/mol. The normalized spacial score (nSPS) is 14.1. The highest BCUT2D eigenvalue weighted by atomic mass is 16.3. The van der Waals surface area contributed by atoms with E-state index in [4.69, 9.17) is 0 Å². The molecule has 1 atom stereocenters. The van der Waals surface area contributed by atoms with Crippen molar-refractivity contribution in [1.29, 1.82) is 0 Å². The Kier molecular flexibility index (Phi) is 19.6. The second-order valence-corrected chi connectivity index (χ2v) is 31.2. The summed E-state index contributed by atoms with van der Waals surface area (Å²) < 4.78 is 0. The first-order chi connectivity index (χ1) is 33.8. The first kappa shape index (κ1) is 63.5. The molecule has 0 aliphatic rings. The number of hydrogen-bond acceptors (Lipinski definition) is 6. The van der Waals surface area contributed by atoms with Gasteiger partial charge in [-0.1, -0.05) is 215 Å². The smallest absolute Gasteiger partial charge is 0.123 e. The molecule has 0 fully saturated rings. The number of phenolic OH excluding ortho intramolecular Hbond substituents is 4. The van der Waals surface area contributed by atoms with E-state index in [1.54, 1.807) is 0 Å². The van der Waals surface area contributed by atoms with E-state index in [9.17, 15) is 20.4 Å². The van der Waals surface area contributed by atoms with Gasteiger partial charge < -0.3 is 31.1 Å². The Morgan fingerprint density at radius 1 is 0.307 bits per heavy atom. The molecule has 4 aromatic carbocycles. The van der Waals surface area contributed by atoms with Crippen LogP contribution in [0.2, 0.25) is 0 Å². The molecule has 0 spiro atoms. The summed E-state index contributed by atoms with van der Waals surface area (Å²) in [4.78, 5) is 0. The number of aryl methyl sites for hydroxylation is 4. The molecule has 0 saturated heterocycles. The zero-order chi connectivity index (χ0) is 57.4. The van der Waals surface area contributed by atoms with E-state index in [1.165, 1.54) is 22.3 Å². The average molecular weight is 1030 g/mol. The van der Waals surface area contributed by atoms with Crippen molar-refractivity contribution < 1.29 is 20.4 Å². The predicted molar refractivity (Wildman–Crippen MR) is 323 cm³/mol. The van der Waals surface area contributed by atoms with E-state index in [-0.39, 0.29) is 61.4 Å². The number of benzene rings is 4. The minimum atomic E-state index is -0.207. The molecule has 0 heterocycles. The lowest BCUT2D eigenvalue weighted by atomic mass is 9.77. The Hall–Kier alpha value is -4.00. The highest BCUT2D eigenvalue weighted by Gasteiger charge is 2.32. The van der Waals surface area contributed by atoms with E-state index in [0.29, 0.717) is 23.0 Å². The zero-order valence-electron chi connectivity index (χ0n) is 52.5. The lowest BCUT2D eigenvalue weighted by molar-refractivity contribution is 0.363. The maximum absolute atomic E-state index is 11.6. The molecule has 75 heavy (non-hydrogen) atoms. The number of nitrogens with one attached hydrogen (secondary N) is 2. The van der Waals surface area contributed by atoms with Crippen LogP contribution in [-0.4, -0.2) is 45.1 Å². The minimum absolute atomic E-state index is 0.157. The largest absolute Gasteiger partial charge is 0.507 e. The van der Waals surface area contributed by atoms with Gasteiger partial charge in [-0.05, 0) is 168 Å². The number of rotatable bonds is 17. The molecule has 6 heteroatoms. The summed E-state index contributed by atoms with van der Waals surface area (Å²) in [6, 6.07) is 18.5. The Morgan fingerprint density at radius 3 is 0.653 bits per heavy atom. The lowest BCUT2D eigenvalue weighted by Gasteiger charge is -2.30. The fraction of sp³-hybridized carbons (Fsp3) is 0.652. The van der Waals surface area contributed by atoms with Gasteiger partial charge in [0.2, 0.25) is 0 Å². The second-order valence-electron chi connectivity index (χ2n) is 31.2. The topological polar surface area (TPSA) is 105 Å². The van der Waals surface area contributed by atoms with Crippen molar-refractivity contribution in [2.45, 2.75) is 286 Å². The maximum atomic E-state index is 11.6. The summed E-state index contributed by atoms with van der Waals surface area (Å²) in [5.74, 6) is 1.68. The molecular formula is C69H110N2O4. The summed E-state index contributed by atoms with van der Waals surface area (Å²) >= 11 is 0. The predicted octanol–water partition coefficient (Wildman–Crippen LogP) is 17.0. The SMILES string of the molecule is CC(CNC(CCc1cc(C(C)(C)C)c(O)c(C(C)(C)C)c1)CCc1cc(C(C)(C)C)c(O)c(C(C)(C)C)c1)NC(CCc1cc(C(C)(C)C)c(O)c(C(C)(C)C)c1)CCc1cc(C(C)(C)C)c(O)c(C(C)(C)C)c1. The third kappa shape index (κ3) is 17.2. The molecule has 0 amide bonds. The van der Waals surface area contributed by atoms with Crippen LogP contribution in [0, 0.1) is 0 Å². The molecule has 4 aromatic rings. The average Bonchev–Trinajstić information content (AvgIpc) is 3.22. The van der Waals surface area contributed by atoms with E-state index in [2.05, 4.69) is 232 Å². The third-order valence-corrected chi connectivity index (χ3v) is 15.5. The summed E-state index contributed by atoms with van der Waals surface area (Å²) in [6.07, 6.45) is 7.25. The van der Waals surface area contributed by atoms with Crippen LogP contribution < -0.4 is 10.6 Å². The molecule has 6 nitrogen and oxygen atoms in total. The minimum Gasteiger partial charge on any atom is -0.507 e. The van der Waals surface area contributed by atoms with Crippen molar-refractivity contribution in [3.8, 4) is 23.0 Å². The van der Waals surface area contributed by atoms with Gasteiger partial charge in [0.05, 0.1) is 0 Å². The van der Waals surface area contributed by atoms with Crippen LogP contribution in [-0.2, 0) is 69.0 Å². The van der Waals surface area contributed by atoms with Gasteiger partial charge >= 0.3 is 0 Å². The molecule has 0 aliphatic carbocycles. The fourth-order valence-corrected chi connectivity index (χ4v) is 10.8. The van der Waals surface area contributed by atoms with Crippen LogP contribution in [0.1, 0.15) is 266 Å². The van der Waals surface area contributed by atoms with Crippen molar-refractivity contribution in [2.75, 3.05) is 6.54 Å². The number of hydrogen-bond donors (Lipinski definition) is 6. The molecule has 4 rings (SSSR count). The van der Waals surface area contributed by atoms with Gasteiger partial charge in [-0.15, -0.1) is 0 Å². The summed E-state index contributed by atoms with van der Waals surface area (Å²) in [5.41, 5.74) is 11.4. The van der Waals surface area contributed by atoms with Crippen LogP contribution in [0.4, 0.5) is 0 Å². The van der Waals surface area contributed by atoms with Gasteiger partial charge in [0.15, 0.2) is 0 Å². The first-order valence-electron chi connectivity index (χ1n) is 28.8. The van der Waals surface area contributed by atoms with Gasteiger partial charge in [-0.25, -0.2) is 0 Å². The zero-order valence-corrected chi connectivity index (χ0v) is 52.5. The molecule has 0 saturated carbocycles. The van der Waals surface area contributed by atoms with Crippen LogP contribution in [0.25, 0.3) is 0 Å². The second kappa shape index (κ2) is 23.1. The van der Waals surface area contributed by atoms with Crippen LogP contribution in [0.5, 0.6) is 23.0 Å². The molecule has 420 valence electrons. The van der Waals surface area contributed by atoms with Crippen molar-refractivity contribution in [3.63, 3.8) is 0 Å². The highest BCUT2D eigenvalue weighted by molar-refractivity contribution is 5.53. The van der Waals surface area contributed by atoms with Gasteiger partial charge in [0.25, 0.3) is 0 Å². The summed E-state index contributed by atoms with van der Waals surface area (Å²) in [6.45, 7) is 55.6. The monoisotopic (exact) mass is 1030 g/mol. The molecule has 0 bridgehead atoms. The number of phenols is 4. The Labute approximate surface area is 459 Å². The van der Waals surface area contributed by atoms with Crippen LogP contribution in [0.3, 0.4) is 0 Å². The van der Waals surface area contributed by atoms with E-state index in [1.807, 2.05) is 0 Å². The molecule has 0 radical (unpaired) electrons. The standard InChI is InChI=1S/C69H110N2O4/c1-43(71-49(32-28-46-38-54(66(14,15)16)60(74)55(39-46)67(17,18)19)33-29-47-40-56(68(20,21)22)61(75)57(41-47)69(23,24)25)42-70-48(30-26-44-34-50(62(2,3)4)58(72)51(35-44)63(5,6)7)31-27-45-36-52(64(8,9)10)59(73)53(37-45)65(11,12)13/h34-41,43,48-49,70-75H,26-33,42H2,1-25H3. The van der Waals surface area contributed by atoms with Crippen molar-refractivity contribution in [1.82, 2.24) is 10.6 Å². The third-order valence-electron chi connectivity index (χ3n) is 15.5. The van der Waals surface area contributed by atoms with Crippen molar-refractivity contribution in [3.05, 3.63) is 115 Å². The quantitative estimate of drug-likeness (QED) is 0.0630. The highest BCUT2D eigenvalue weighted by Crippen LogP contribution is 2.44. The Bertz CT molecular complexity index is 2250. The Balaban J connectivity index is 1.74. The molecule has 1 unspecified atom stereocenters. The first-order valence-corrected chi connectivity index (χ1v) is 28.8. The molecule has 0 aromatic heterocycles. The van der Waals surface area contributed by atoms with Crippen LogP contribution in [0.15, 0.2) is 48.5 Å². The summed E-state index contributed by atoms with van der Waals surface area (Å²) in [7, 11) is 0. The maximum Gasteiger partial charge on any atom is 0.123 e.